The Kier molecular flexibility index (Phi) is 3.75. The maximum atomic E-state index is 13.4. The molecule has 1 N–H and O–H groups in total. The molecular weight excluding hydrogens is 293 g/mol. The molecule has 2 amide bonds. The molecule has 1 aliphatic rings. The second kappa shape index (κ2) is 5.69. The summed E-state index contributed by atoms with van der Waals surface area (Å²) in [4.78, 5) is 18.0. The monoisotopic (exact) mass is 305 g/mol. The number of aromatic nitrogens is 1. The van der Waals surface area contributed by atoms with Crippen LogP contribution in [-0.2, 0) is 13.0 Å². The van der Waals surface area contributed by atoms with Crippen LogP contribution in [0.3, 0.4) is 0 Å². The number of carbonyl (C=O) groups excluding carboxylic acids is 1. The lowest BCUT2D eigenvalue weighted by Gasteiger charge is -2.28. The average molecular weight is 306 g/mol. The minimum Gasteiger partial charge on any atom is -0.320 e. The second-order valence-corrected chi connectivity index (χ2v) is 5.28. The molecule has 0 aliphatic carbocycles. The largest absolute Gasteiger partial charge is 0.322 e. The zero-order valence-corrected chi connectivity index (χ0v) is 11.9. The molecule has 2 aromatic rings. The quantitative estimate of drug-likeness (QED) is 0.877. The number of carbonyl (C=O) groups is 1. The highest BCUT2D eigenvalue weighted by atomic mass is 35.5. The number of benzene rings is 1. The molecule has 4 nitrogen and oxygen atoms in total. The van der Waals surface area contributed by atoms with Gasteiger partial charge in [-0.15, -0.1) is 0 Å². The van der Waals surface area contributed by atoms with E-state index in [4.69, 9.17) is 11.6 Å². The van der Waals surface area contributed by atoms with Gasteiger partial charge in [-0.3, -0.25) is 4.98 Å². The summed E-state index contributed by atoms with van der Waals surface area (Å²) in [5.74, 6) is -0.551. The minimum atomic E-state index is -0.551. The van der Waals surface area contributed by atoms with E-state index < -0.39 is 5.82 Å². The summed E-state index contributed by atoms with van der Waals surface area (Å²) in [5, 5.41) is 2.72. The third kappa shape index (κ3) is 2.97. The number of hydrogen-bond donors (Lipinski definition) is 1. The highest BCUT2D eigenvalue weighted by Gasteiger charge is 2.20. The molecule has 108 valence electrons. The van der Waals surface area contributed by atoms with Crippen LogP contribution in [0.4, 0.5) is 14.9 Å². The highest BCUT2D eigenvalue weighted by molar-refractivity contribution is 6.30. The third-order valence-corrected chi connectivity index (χ3v) is 3.78. The summed E-state index contributed by atoms with van der Waals surface area (Å²) in [6.45, 7) is 1.14. The van der Waals surface area contributed by atoms with Gasteiger partial charge in [-0.2, -0.15) is 0 Å². The number of anilines is 1. The van der Waals surface area contributed by atoms with E-state index in [9.17, 15) is 9.18 Å². The molecule has 0 unspecified atom stereocenters. The van der Waals surface area contributed by atoms with Gasteiger partial charge >= 0.3 is 6.03 Å². The first-order chi connectivity index (χ1) is 10.1. The maximum Gasteiger partial charge on any atom is 0.322 e. The number of fused-ring (bicyclic) bond motifs is 1. The number of halogens is 2. The maximum absolute atomic E-state index is 13.4. The molecule has 2 heterocycles. The van der Waals surface area contributed by atoms with E-state index in [0.717, 1.165) is 12.0 Å². The SMILES string of the molecule is O=C(Nc1ccc(Cl)c(F)c1)N1CCc2cnccc2C1. The Balaban J connectivity index is 1.70. The Morgan fingerprint density at radius 3 is 3.00 bits per heavy atom. The number of hydrogen-bond acceptors (Lipinski definition) is 2. The molecular formula is C15H13ClFN3O. The molecule has 6 heteroatoms. The predicted molar refractivity (Wildman–Crippen MR) is 78.8 cm³/mol. The molecule has 1 aliphatic heterocycles. The Morgan fingerprint density at radius 1 is 1.33 bits per heavy atom. The fourth-order valence-corrected chi connectivity index (χ4v) is 2.44. The van der Waals surface area contributed by atoms with Crippen LogP contribution < -0.4 is 5.32 Å². The van der Waals surface area contributed by atoms with E-state index in [-0.39, 0.29) is 11.1 Å². The smallest absolute Gasteiger partial charge is 0.320 e. The minimum absolute atomic E-state index is 0.0346. The van der Waals surface area contributed by atoms with Crippen molar-refractivity contribution in [2.24, 2.45) is 0 Å². The van der Waals surface area contributed by atoms with E-state index in [1.54, 1.807) is 17.2 Å². The number of nitrogens with zero attached hydrogens (tertiary/aromatic N) is 2. The summed E-state index contributed by atoms with van der Waals surface area (Å²) in [5.41, 5.74) is 2.65. The fourth-order valence-electron chi connectivity index (χ4n) is 2.33. The standard InChI is InChI=1S/C15H13ClFN3O/c16-13-2-1-12(7-14(13)17)19-15(21)20-6-4-10-8-18-5-3-11(10)9-20/h1-3,5,7-8H,4,6,9H2,(H,19,21). The average Bonchev–Trinajstić information content (AvgIpc) is 2.50. The van der Waals surface area contributed by atoms with Gasteiger partial charge in [0.15, 0.2) is 0 Å². The lowest BCUT2D eigenvalue weighted by molar-refractivity contribution is 0.206. The van der Waals surface area contributed by atoms with E-state index in [1.165, 1.54) is 17.7 Å². The van der Waals surface area contributed by atoms with Crippen molar-refractivity contribution in [1.82, 2.24) is 9.88 Å². The molecule has 0 radical (unpaired) electrons. The van der Waals surface area contributed by atoms with E-state index in [2.05, 4.69) is 10.3 Å². The third-order valence-electron chi connectivity index (χ3n) is 3.47. The first kappa shape index (κ1) is 13.8. The van der Waals surface area contributed by atoms with Gasteiger partial charge in [0, 0.05) is 31.2 Å². The normalized spacial score (nSPS) is 13.7. The first-order valence-corrected chi connectivity index (χ1v) is 6.94. The van der Waals surface area contributed by atoms with Gasteiger partial charge in [-0.25, -0.2) is 9.18 Å². The van der Waals surface area contributed by atoms with Crippen LogP contribution in [0.15, 0.2) is 36.7 Å². The number of rotatable bonds is 1. The van der Waals surface area contributed by atoms with Crippen LogP contribution in [0.2, 0.25) is 5.02 Å². The predicted octanol–water partition coefficient (Wildman–Crippen LogP) is 3.46. The molecule has 0 bridgehead atoms. The molecule has 21 heavy (non-hydrogen) atoms. The Morgan fingerprint density at radius 2 is 2.19 bits per heavy atom. The molecule has 0 saturated carbocycles. The van der Waals surface area contributed by atoms with Crippen molar-refractivity contribution in [1.29, 1.82) is 0 Å². The van der Waals surface area contributed by atoms with Gasteiger partial charge in [-0.1, -0.05) is 11.6 Å². The van der Waals surface area contributed by atoms with Crippen LogP contribution in [0.25, 0.3) is 0 Å². The number of amides is 2. The van der Waals surface area contributed by atoms with Crippen LogP contribution in [-0.4, -0.2) is 22.5 Å². The van der Waals surface area contributed by atoms with Gasteiger partial charge in [0.25, 0.3) is 0 Å². The number of pyridine rings is 1. The Labute approximate surface area is 126 Å². The van der Waals surface area contributed by atoms with Crippen molar-refractivity contribution < 1.29 is 9.18 Å². The summed E-state index contributed by atoms with van der Waals surface area (Å²) in [6, 6.07) is 5.87. The first-order valence-electron chi connectivity index (χ1n) is 6.56. The van der Waals surface area contributed by atoms with Gasteiger partial charge in [0.1, 0.15) is 5.82 Å². The molecule has 1 aromatic heterocycles. The molecule has 3 rings (SSSR count). The Bertz CT molecular complexity index is 692. The topological polar surface area (TPSA) is 45.2 Å². The van der Waals surface area contributed by atoms with Gasteiger partial charge in [0.05, 0.1) is 5.02 Å². The van der Waals surface area contributed by atoms with Crippen LogP contribution in [0.5, 0.6) is 0 Å². The van der Waals surface area contributed by atoms with Crippen LogP contribution in [0, 0.1) is 5.82 Å². The summed E-state index contributed by atoms with van der Waals surface area (Å²) in [6.07, 6.45) is 4.32. The molecule has 1 aromatic carbocycles. The van der Waals surface area contributed by atoms with Crippen molar-refractivity contribution in [2.45, 2.75) is 13.0 Å². The van der Waals surface area contributed by atoms with Gasteiger partial charge < -0.3 is 10.2 Å². The lowest BCUT2D eigenvalue weighted by Crippen LogP contribution is -2.38. The summed E-state index contributed by atoms with van der Waals surface area (Å²) >= 11 is 5.62. The summed E-state index contributed by atoms with van der Waals surface area (Å²) < 4.78 is 13.4. The van der Waals surface area contributed by atoms with Crippen molar-refractivity contribution in [2.75, 3.05) is 11.9 Å². The lowest BCUT2D eigenvalue weighted by atomic mass is 10.0. The molecule has 0 atom stereocenters. The van der Waals surface area contributed by atoms with Gasteiger partial charge in [0.2, 0.25) is 0 Å². The summed E-state index contributed by atoms with van der Waals surface area (Å²) in [7, 11) is 0. The van der Waals surface area contributed by atoms with Crippen molar-refractivity contribution in [3.8, 4) is 0 Å². The fraction of sp³-hybridized carbons (Fsp3) is 0.200. The number of nitrogens with one attached hydrogen (secondary N) is 1. The van der Waals surface area contributed by atoms with E-state index in [1.807, 2.05) is 12.3 Å². The van der Waals surface area contributed by atoms with Crippen molar-refractivity contribution in [3.05, 3.63) is 58.6 Å². The molecule has 0 fully saturated rings. The van der Waals surface area contributed by atoms with Gasteiger partial charge in [-0.05, 0) is 41.8 Å². The zero-order chi connectivity index (χ0) is 14.8. The highest BCUT2D eigenvalue weighted by Crippen LogP contribution is 2.21. The van der Waals surface area contributed by atoms with E-state index in [0.29, 0.717) is 18.8 Å². The molecule has 0 saturated heterocycles. The zero-order valence-electron chi connectivity index (χ0n) is 11.1. The van der Waals surface area contributed by atoms with E-state index >= 15 is 0 Å². The van der Waals surface area contributed by atoms with Crippen molar-refractivity contribution >= 4 is 23.3 Å². The van der Waals surface area contributed by atoms with Crippen LogP contribution >= 0.6 is 11.6 Å². The van der Waals surface area contributed by atoms with Crippen LogP contribution in [0.1, 0.15) is 11.1 Å². The van der Waals surface area contributed by atoms with Crippen molar-refractivity contribution in [3.63, 3.8) is 0 Å². The number of urea groups is 1. The second-order valence-electron chi connectivity index (χ2n) is 4.87. The molecule has 0 spiro atoms. The Hall–Kier alpha value is -2.14.